The average molecular weight is 308 g/mol. The summed E-state index contributed by atoms with van der Waals surface area (Å²) in [4.78, 5) is 9.92. The summed E-state index contributed by atoms with van der Waals surface area (Å²) in [6.45, 7) is 6.71. The maximum atomic E-state index is 6.02. The lowest BCUT2D eigenvalue weighted by Crippen LogP contribution is -2.50. The van der Waals surface area contributed by atoms with E-state index in [1.165, 1.54) is 44.3 Å². The van der Waals surface area contributed by atoms with Crippen molar-refractivity contribution in [1.29, 1.82) is 0 Å². The molecule has 3 nitrogen and oxygen atoms in total. The normalized spacial score (nSPS) is 21.1. The summed E-state index contributed by atoms with van der Waals surface area (Å²) >= 11 is 6.02. The zero-order valence-corrected chi connectivity index (χ0v) is 13.8. The van der Waals surface area contributed by atoms with Crippen molar-refractivity contribution in [3.63, 3.8) is 0 Å². The van der Waals surface area contributed by atoms with Crippen LogP contribution in [0.25, 0.3) is 0 Å². The molecule has 1 aliphatic heterocycles. The molecule has 1 aromatic rings. The number of pyridine rings is 1. The van der Waals surface area contributed by atoms with Crippen molar-refractivity contribution in [2.24, 2.45) is 0 Å². The predicted octanol–water partition coefficient (Wildman–Crippen LogP) is 3.45. The Morgan fingerprint density at radius 2 is 1.86 bits per heavy atom. The zero-order valence-electron chi connectivity index (χ0n) is 13.0. The number of rotatable bonds is 4. The summed E-state index contributed by atoms with van der Waals surface area (Å²) in [6, 6.07) is 5.14. The molecule has 0 N–H and O–H groups in total. The number of aryl methyl sites for hydroxylation is 1. The highest BCUT2D eigenvalue weighted by molar-refractivity contribution is 6.17. The highest BCUT2D eigenvalue weighted by Gasteiger charge is 2.26. The third-order valence-corrected chi connectivity index (χ3v) is 5.23. The van der Waals surface area contributed by atoms with E-state index in [1.54, 1.807) is 0 Å². The number of nitrogens with zero attached hydrogens (tertiary/aromatic N) is 3. The molecular formula is C17H26ClN3. The second-order valence-electron chi connectivity index (χ2n) is 6.27. The van der Waals surface area contributed by atoms with E-state index < -0.39 is 0 Å². The molecule has 0 atom stereocenters. The van der Waals surface area contributed by atoms with E-state index >= 15 is 0 Å². The van der Waals surface area contributed by atoms with Crippen LogP contribution in [0.5, 0.6) is 0 Å². The number of hydrogen-bond donors (Lipinski definition) is 0. The molecule has 0 bridgehead atoms. The number of piperazine rings is 1. The lowest BCUT2D eigenvalue weighted by molar-refractivity contribution is 0.187. The van der Waals surface area contributed by atoms with E-state index in [0.29, 0.717) is 5.88 Å². The molecule has 116 valence electrons. The van der Waals surface area contributed by atoms with E-state index in [4.69, 9.17) is 16.6 Å². The average Bonchev–Trinajstić information content (AvgIpc) is 3.09. The van der Waals surface area contributed by atoms with Crippen LogP contribution in [0.1, 0.15) is 43.9 Å². The quantitative estimate of drug-likeness (QED) is 0.794. The first kappa shape index (κ1) is 15.1. The van der Waals surface area contributed by atoms with Gasteiger partial charge in [-0.05, 0) is 37.0 Å². The van der Waals surface area contributed by atoms with Gasteiger partial charge in [0.25, 0.3) is 0 Å². The largest absolute Gasteiger partial charge is 0.354 e. The van der Waals surface area contributed by atoms with Crippen LogP contribution < -0.4 is 4.90 Å². The van der Waals surface area contributed by atoms with Gasteiger partial charge in [0.2, 0.25) is 0 Å². The van der Waals surface area contributed by atoms with Crippen molar-refractivity contribution in [1.82, 2.24) is 9.88 Å². The maximum Gasteiger partial charge on any atom is 0.129 e. The Labute approximate surface area is 133 Å². The van der Waals surface area contributed by atoms with Gasteiger partial charge in [0, 0.05) is 43.8 Å². The molecule has 2 fully saturated rings. The minimum Gasteiger partial charge on any atom is -0.354 e. The first-order valence-corrected chi connectivity index (χ1v) is 8.88. The summed E-state index contributed by atoms with van der Waals surface area (Å²) in [5.41, 5.74) is 2.35. The van der Waals surface area contributed by atoms with Gasteiger partial charge in [0.1, 0.15) is 5.82 Å². The van der Waals surface area contributed by atoms with Crippen LogP contribution in [0.15, 0.2) is 12.1 Å². The van der Waals surface area contributed by atoms with Crippen molar-refractivity contribution in [2.45, 2.75) is 50.9 Å². The van der Waals surface area contributed by atoms with Crippen LogP contribution in [0.3, 0.4) is 0 Å². The molecule has 21 heavy (non-hydrogen) atoms. The fraction of sp³-hybridized carbons (Fsp3) is 0.706. The van der Waals surface area contributed by atoms with E-state index in [-0.39, 0.29) is 0 Å². The Bertz CT molecular complexity index is 441. The molecule has 0 radical (unpaired) electrons. The molecule has 1 aliphatic carbocycles. The van der Waals surface area contributed by atoms with Gasteiger partial charge < -0.3 is 4.90 Å². The monoisotopic (exact) mass is 307 g/mol. The third kappa shape index (κ3) is 3.51. The molecule has 0 amide bonds. The summed E-state index contributed by atoms with van der Waals surface area (Å²) in [7, 11) is 0. The van der Waals surface area contributed by atoms with Gasteiger partial charge in [0.05, 0.1) is 0 Å². The van der Waals surface area contributed by atoms with Crippen LogP contribution in [0.4, 0.5) is 5.82 Å². The Morgan fingerprint density at radius 3 is 2.48 bits per heavy atom. The van der Waals surface area contributed by atoms with Crippen LogP contribution in [0.2, 0.25) is 0 Å². The van der Waals surface area contributed by atoms with Gasteiger partial charge in [-0.3, -0.25) is 4.90 Å². The minimum absolute atomic E-state index is 0.574. The van der Waals surface area contributed by atoms with Gasteiger partial charge in [-0.25, -0.2) is 4.98 Å². The van der Waals surface area contributed by atoms with Gasteiger partial charge >= 0.3 is 0 Å². The molecule has 0 spiro atoms. The van der Waals surface area contributed by atoms with E-state index in [0.717, 1.165) is 37.1 Å². The Balaban J connectivity index is 1.65. The number of aromatic nitrogens is 1. The molecule has 1 saturated heterocycles. The topological polar surface area (TPSA) is 19.4 Å². The fourth-order valence-corrected chi connectivity index (χ4v) is 3.79. The molecule has 0 aromatic carbocycles. The molecule has 4 heteroatoms. The summed E-state index contributed by atoms with van der Waals surface area (Å²) in [5.74, 6) is 1.70. The second kappa shape index (κ2) is 6.97. The van der Waals surface area contributed by atoms with Crippen molar-refractivity contribution < 1.29 is 0 Å². The zero-order chi connectivity index (χ0) is 14.7. The van der Waals surface area contributed by atoms with Crippen LogP contribution >= 0.6 is 11.6 Å². The minimum atomic E-state index is 0.574. The van der Waals surface area contributed by atoms with Crippen LogP contribution in [0, 0.1) is 0 Å². The van der Waals surface area contributed by atoms with Gasteiger partial charge in [-0.1, -0.05) is 19.8 Å². The number of halogens is 1. The number of anilines is 1. The molecule has 2 aliphatic rings. The molecule has 2 heterocycles. The van der Waals surface area contributed by atoms with Crippen molar-refractivity contribution >= 4 is 17.4 Å². The summed E-state index contributed by atoms with van der Waals surface area (Å²) in [5, 5.41) is 0. The molecule has 1 aromatic heterocycles. The van der Waals surface area contributed by atoms with Crippen molar-refractivity contribution in [3.05, 3.63) is 23.4 Å². The van der Waals surface area contributed by atoms with E-state index in [2.05, 4.69) is 28.9 Å². The Kier molecular flexibility index (Phi) is 5.02. The van der Waals surface area contributed by atoms with Gasteiger partial charge in [0.15, 0.2) is 0 Å². The van der Waals surface area contributed by atoms with E-state index in [9.17, 15) is 0 Å². The lowest BCUT2D eigenvalue weighted by atomic mass is 10.1. The van der Waals surface area contributed by atoms with Gasteiger partial charge in [-0.2, -0.15) is 0 Å². The van der Waals surface area contributed by atoms with Crippen molar-refractivity contribution in [2.75, 3.05) is 31.1 Å². The molecule has 0 unspecified atom stereocenters. The first-order chi connectivity index (χ1) is 10.3. The molecular weight excluding hydrogens is 282 g/mol. The predicted molar refractivity (Wildman–Crippen MR) is 89.2 cm³/mol. The molecule has 3 rings (SSSR count). The van der Waals surface area contributed by atoms with Crippen molar-refractivity contribution in [3.8, 4) is 0 Å². The summed E-state index contributed by atoms with van der Waals surface area (Å²) < 4.78 is 0. The smallest absolute Gasteiger partial charge is 0.129 e. The molecule has 1 saturated carbocycles. The lowest BCUT2D eigenvalue weighted by Gasteiger charge is -2.38. The highest BCUT2D eigenvalue weighted by atomic mass is 35.5. The highest BCUT2D eigenvalue weighted by Crippen LogP contribution is 2.25. The Hall–Kier alpha value is -0.800. The van der Waals surface area contributed by atoms with E-state index in [1.807, 2.05) is 0 Å². The standard InChI is InChI=1S/C17H26ClN3/c1-2-15-11-14(13-18)12-17(19-15)21-9-7-20(8-10-21)16-5-3-4-6-16/h11-12,16H,2-10,13H2,1H3. The fourth-order valence-electron chi connectivity index (χ4n) is 3.64. The van der Waals surface area contributed by atoms with Gasteiger partial charge in [-0.15, -0.1) is 11.6 Å². The number of alkyl halides is 1. The van der Waals surface area contributed by atoms with Crippen LogP contribution in [-0.2, 0) is 12.3 Å². The summed E-state index contributed by atoms with van der Waals surface area (Å²) in [6.07, 6.45) is 6.62. The second-order valence-corrected chi connectivity index (χ2v) is 6.54. The maximum absolute atomic E-state index is 6.02. The SMILES string of the molecule is CCc1cc(CCl)cc(N2CCN(C3CCCC3)CC2)n1. The first-order valence-electron chi connectivity index (χ1n) is 8.35. The Morgan fingerprint density at radius 1 is 1.14 bits per heavy atom. The third-order valence-electron chi connectivity index (χ3n) is 4.92. The number of hydrogen-bond acceptors (Lipinski definition) is 3. The van der Waals surface area contributed by atoms with Crippen LogP contribution in [-0.4, -0.2) is 42.1 Å².